The topological polar surface area (TPSA) is 52.7 Å². The molecule has 1 fully saturated rings. The quantitative estimate of drug-likeness (QED) is 0.577. The Bertz CT molecular complexity index is 827. The van der Waals surface area contributed by atoms with E-state index in [2.05, 4.69) is 29.3 Å². The van der Waals surface area contributed by atoms with Crippen LogP contribution in [0.1, 0.15) is 57.4 Å². The first kappa shape index (κ1) is 22.9. The molecule has 0 aliphatic carbocycles. The van der Waals surface area contributed by atoms with Crippen LogP contribution in [0, 0.1) is 0 Å². The minimum atomic E-state index is -0.149. The minimum Gasteiger partial charge on any atom is -0.368 e. The molecule has 31 heavy (non-hydrogen) atoms. The van der Waals surface area contributed by atoms with Crippen LogP contribution in [0.2, 0.25) is 0 Å². The van der Waals surface area contributed by atoms with Crippen molar-refractivity contribution in [3.05, 3.63) is 60.2 Å². The average molecular weight is 422 g/mol. The predicted octanol–water partition coefficient (Wildman–Crippen LogP) is 5.05. The highest BCUT2D eigenvalue weighted by Crippen LogP contribution is 2.24. The molecule has 2 aromatic carbocycles. The molecule has 1 aliphatic rings. The van der Waals surface area contributed by atoms with Crippen molar-refractivity contribution in [2.45, 2.75) is 51.9 Å². The molecule has 0 unspecified atom stereocenters. The fraction of sp³-hybridized carbons (Fsp3) is 0.462. The van der Waals surface area contributed by atoms with Crippen molar-refractivity contribution in [2.24, 2.45) is 0 Å². The third-order valence-corrected chi connectivity index (χ3v) is 6.05. The van der Waals surface area contributed by atoms with Crippen LogP contribution in [0.3, 0.4) is 0 Å². The number of rotatable bonds is 9. The Labute approximate surface area is 186 Å². The Morgan fingerprint density at radius 2 is 1.58 bits per heavy atom. The monoisotopic (exact) mass is 421 g/mol. The molecular weight excluding hydrogens is 386 g/mol. The molecule has 5 nitrogen and oxygen atoms in total. The van der Waals surface area contributed by atoms with Crippen molar-refractivity contribution in [3.8, 4) is 0 Å². The first-order chi connectivity index (χ1) is 15.1. The number of benzene rings is 2. The first-order valence-electron chi connectivity index (χ1n) is 11.6. The summed E-state index contributed by atoms with van der Waals surface area (Å²) in [6, 6.07) is 18.0. The molecule has 0 bridgehead atoms. The lowest BCUT2D eigenvalue weighted by atomic mass is 9.95. The summed E-state index contributed by atoms with van der Waals surface area (Å²) in [5.41, 5.74) is 2.99. The summed E-state index contributed by atoms with van der Waals surface area (Å²) in [5, 5.41) is 3.06. The Morgan fingerprint density at radius 3 is 2.19 bits per heavy atom. The number of piperazine rings is 1. The van der Waals surface area contributed by atoms with Gasteiger partial charge in [-0.3, -0.25) is 9.59 Å². The largest absolute Gasteiger partial charge is 0.368 e. The normalized spacial score (nSPS) is 14.9. The van der Waals surface area contributed by atoms with Gasteiger partial charge in [-0.05, 0) is 42.7 Å². The van der Waals surface area contributed by atoms with E-state index in [0.29, 0.717) is 6.42 Å². The van der Waals surface area contributed by atoms with Crippen molar-refractivity contribution in [2.75, 3.05) is 36.4 Å². The molecule has 1 N–H and O–H groups in total. The maximum absolute atomic E-state index is 12.8. The van der Waals surface area contributed by atoms with Crippen LogP contribution < -0.4 is 10.2 Å². The number of amides is 2. The van der Waals surface area contributed by atoms with E-state index in [1.54, 1.807) is 0 Å². The van der Waals surface area contributed by atoms with E-state index in [1.165, 1.54) is 0 Å². The summed E-state index contributed by atoms with van der Waals surface area (Å²) in [7, 11) is 0. The summed E-state index contributed by atoms with van der Waals surface area (Å²) >= 11 is 0. The smallest absolute Gasteiger partial charge is 0.231 e. The van der Waals surface area contributed by atoms with Gasteiger partial charge in [0.1, 0.15) is 0 Å². The fourth-order valence-corrected chi connectivity index (χ4v) is 4.14. The molecule has 2 aromatic rings. The third-order valence-electron chi connectivity index (χ3n) is 6.05. The van der Waals surface area contributed by atoms with Gasteiger partial charge < -0.3 is 15.1 Å². The zero-order valence-electron chi connectivity index (χ0n) is 18.8. The van der Waals surface area contributed by atoms with Crippen molar-refractivity contribution in [1.29, 1.82) is 0 Å². The van der Waals surface area contributed by atoms with Crippen LogP contribution in [-0.2, 0) is 9.59 Å². The number of unbranched alkanes of at least 4 members (excludes halogenated alkanes) is 2. The second-order valence-corrected chi connectivity index (χ2v) is 8.23. The number of carbonyl (C=O) groups excluding carboxylic acids is 2. The Kier molecular flexibility index (Phi) is 8.51. The highest BCUT2D eigenvalue weighted by Gasteiger charge is 2.21. The van der Waals surface area contributed by atoms with Crippen molar-refractivity contribution >= 4 is 23.2 Å². The molecule has 1 aliphatic heterocycles. The lowest BCUT2D eigenvalue weighted by Crippen LogP contribution is -2.48. The predicted molar refractivity (Wildman–Crippen MR) is 127 cm³/mol. The molecule has 2 amide bonds. The number of anilines is 2. The van der Waals surface area contributed by atoms with Gasteiger partial charge in [0.25, 0.3) is 0 Å². The first-order valence-corrected chi connectivity index (χ1v) is 11.6. The summed E-state index contributed by atoms with van der Waals surface area (Å²) in [6.45, 7) is 7.44. The molecule has 0 saturated carbocycles. The van der Waals surface area contributed by atoms with E-state index < -0.39 is 0 Å². The van der Waals surface area contributed by atoms with Crippen LogP contribution in [-0.4, -0.2) is 42.9 Å². The molecule has 0 radical (unpaired) electrons. The van der Waals surface area contributed by atoms with E-state index >= 15 is 0 Å². The van der Waals surface area contributed by atoms with Crippen molar-refractivity contribution in [3.63, 3.8) is 0 Å². The number of nitrogens with zero attached hydrogens (tertiary/aromatic N) is 2. The lowest BCUT2D eigenvalue weighted by Gasteiger charge is -2.36. The Hall–Kier alpha value is -2.82. The van der Waals surface area contributed by atoms with E-state index in [9.17, 15) is 9.59 Å². The molecule has 1 heterocycles. The minimum absolute atomic E-state index is 0.0247. The standard InChI is InChI=1S/C26H35N3O2/c1-3-5-7-12-25(30)29-19-17-28(18-20-29)23-15-13-22(14-16-23)27-26(31)24(4-2)21-10-8-6-9-11-21/h6,8-11,13-16,24H,3-5,7,12,17-20H2,1-2H3,(H,27,31)/t24-/m1/s1. The molecule has 166 valence electrons. The lowest BCUT2D eigenvalue weighted by molar-refractivity contribution is -0.131. The van der Waals surface area contributed by atoms with Gasteiger partial charge in [-0.1, -0.05) is 57.0 Å². The number of carbonyl (C=O) groups is 2. The number of hydrogen-bond acceptors (Lipinski definition) is 3. The maximum atomic E-state index is 12.8. The zero-order chi connectivity index (χ0) is 22.1. The van der Waals surface area contributed by atoms with Crippen LogP contribution in [0.15, 0.2) is 54.6 Å². The van der Waals surface area contributed by atoms with Crippen molar-refractivity contribution in [1.82, 2.24) is 4.90 Å². The summed E-state index contributed by atoms with van der Waals surface area (Å²) in [4.78, 5) is 29.4. The van der Waals surface area contributed by atoms with E-state index in [-0.39, 0.29) is 17.7 Å². The van der Waals surface area contributed by atoms with Crippen LogP contribution in [0.4, 0.5) is 11.4 Å². The summed E-state index contributed by atoms with van der Waals surface area (Å²) in [6.07, 6.45) is 4.69. The van der Waals surface area contributed by atoms with Gasteiger partial charge in [-0.15, -0.1) is 0 Å². The van der Waals surface area contributed by atoms with Gasteiger partial charge in [0.15, 0.2) is 0 Å². The number of hydrogen-bond donors (Lipinski definition) is 1. The van der Waals surface area contributed by atoms with E-state index in [4.69, 9.17) is 0 Å². The molecule has 0 spiro atoms. The van der Waals surface area contributed by atoms with Crippen LogP contribution >= 0.6 is 0 Å². The molecule has 3 rings (SSSR count). The van der Waals surface area contributed by atoms with Gasteiger partial charge in [0.2, 0.25) is 11.8 Å². The van der Waals surface area contributed by atoms with Gasteiger partial charge in [-0.2, -0.15) is 0 Å². The molecule has 0 aromatic heterocycles. The van der Waals surface area contributed by atoms with Crippen LogP contribution in [0.5, 0.6) is 0 Å². The highest BCUT2D eigenvalue weighted by molar-refractivity contribution is 5.96. The SMILES string of the molecule is CCCCCC(=O)N1CCN(c2ccc(NC(=O)[C@H](CC)c3ccccc3)cc2)CC1. The number of nitrogens with one attached hydrogen (secondary N) is 1. The summed E-state index contributed by atoms with van der Waals surface area (Å²) < 4.78 is 0. The van der Waals surface area contributed by atoms with Crippen molar-refractivity contribution < 1.29 is 9.59 Å². The Balaban J connectivity index is 1.51. The molecule has 1 saturated heterocycles. The average Bonchev–Trinajstić information content (AvgIpc) is 2.81. The Morgan fingerprint density at radius 1 is 0.903 bits per heavy atom. The molecule has 5 heteroatoms. The molecule has 1 atom stereocenters. The van der Waals surface area contributed by atoms with Gasteiger partial charge in [0, 0.05) is 44.0 Å². The van der Waals surface area contributed by atoms with Crippen LogP contribution in [0.25, 0.3) is 0 Å². The van der Waals surface area contributed by atoms with E-state index in [0.717, 1.165) is 68.8 Å². The summed E-state index contributed by atoms with van der Waals surface area (Å²) in [5.74, 6) is 0.163. The fourth-order valence-electron chi connectivity index (χ4n) is 4.14. The van der Waals surface area contributed by atoms with Gasteiger partial charge in [-0.25, -0.2) is 0 Å². The maximum Gasteiger partial charge on any atom is 0.231 e. The second kappa shape index (κ2) is 11.5. The zero-order valence-corrected chi connectivity index (χ0v) is 18.8. The van der Waals surface area contributed by atoms with Gasteiger partial charge in [0.05, 0.1) is 5.92 Å². The highest BCUT2D eigenvalue weighted by atomic mass is 16.2. The van der Waals surface area contributed by atoms with E-state index in [1.807, 2.05) is 54.3 Å². The molecular formula is C26H35N3O2. The second-order valence-electron chi connectivity index (χ2n) is 8.23. The van der Waals surface area contributed by atoms with Gasteiger partial charge >= 0.3 is 0 Å². The third kappa shape index (κ3) is 6.33.